The van der Waals surface area contributed by atoms with Gasteiger partial charge in [0.15, 0.2) is 9.84 Å². The topological polar surface area (TPSA) is 101 Å². The van der Waals surface area contributed by atoms with Crippen molar-refractivity contribution < 1.29 is 23.1 Å². The van der Waals surface area contributed by atoms with Gasteiger partial charge < -0.3 is 10.4 Å². The Bertz CT molecular complexity index is 676. The van der Waals surface area contributed by atoms with E-state index >= 15 is 0 Å². The molecule has 1 aliphatic rings. The number of carbonyl (C=O) groups excluding carboxylic acids is 1. The fourth-order valence-corrected chi connectivity index (χ4v) is 2.98. The zero-order chi connectivity index (χ0) is 15.7. The molecule has 2 rings (SSSR count). The molecule has 2 N–H and O–H groups in total. The van der Waals surface area contributed by atoms with Crippen LogP contribution in [-0.2, 0) is 25.8 Å². The van der Waals surface area contributed by atoms with Gasteiger partial charge in [0.05, 0.1) is 17.1 Å². The highest BCUT2D eigenvalue weighted by molar-refractivity contribution is 7.91. The Balaban J connectivity index is 2.09. The van der Waals surface area contributed by atoms with Crippen LogP contribution in [0.15, 0.2) is 29.2 Å². The van der Waals surface area contributed by atoms with Crippen LogP contribution >= 0.6 is 0 Å². The minimum atomic E-state index is -3.32. The van der Waals surface area contributed by atoms with E-state index in [1.165, 1.54) is 12.1 Å². The molecule has 1 aromatic carbocycles. The average Bonchev–Trinajstić information content (AvgIpc) is 3.19. The van der Waals surface area contributed by atoms with Gasteiger partial charge in [0, 0.05) is 0 Å². The Morgan fingerprint density at radius 2 is 2.00 bits per heavy atom. The maximum absolute atomic E-state index is 11.9. The lowest BCUT2D eigenvalue weighted by Crippen LogP contribution is -2.43. The zero-order valence-electron chi connectivity index (χ0n) is 11.6. The normalized spacial score (nSPS) is 16.2. The first kappa shape index (κ1) is 15.5. The summed E-state index contributed by atoms with van der Waals surface area (Å²) in [5, 5.41) is 11.5. The summed E-state index contributed by atoms with van der Waals surface area (Å²) in [7, 11) is -3.32. The lowest BCUT2D eigenvalue weighted by atomic mass is 10.1. The third kappa shape index (κ3) is 3.41. The Hall–Kier alpha value is -1.89. The number of carboxylic acids is 1. The highest BCUT2D eigenvalue weighted by atomic mass is 32.2. The molecular formula is C14H17NO5S. The molecule has 7 heteroatoms. The first-order valence-electron chi connectivity index (χ1n) is 6.65. The smallest absolute Gasteiger partial charge is 0.329 e. The number of aliphatic carboxylic acids is 1. The highest BCUT2D eigenvalue weighted by Gasteiger charge is 2.51. The number of benzene rings is 1. The Morgan fingerprint density at radius 1 is 1.33 bits per heavy atom. The van der Waals surface area contributed by atoms with E-state index in [0.717, 1.165) is 0 Å². The van der Waals surface area contributed by atoms with Crippen LogP contribution in [0.3, 0.4) is 0 Å². The van der Waals surface area contributed by atoms with Gasteiger partial charge >= 0.3 is 5.97 Å². The van der Waals surface area contributed by atoms with Gasteiger partial charge in [0.25, 0.3) is 0 Å². The minimum absolute atomic E-state index is 0.00915. The van der Waals surface area contributed by atoms with Crippen LogP contribution < -0.4 is 5.32 Å². The second kappa shape index (κ2) is 5.48. The van der Waals surface area contributed by atoms with Crippen molar-refractivity contribution in [3.05, 3.63) is 29.8 Å². The second-order valence-corrected chi connectivity index (χ2v) is 7.44. The summed E-state index contributed by atoms with van der Waals surface area (Å²) in [4.78, 5) is 23.1. The molecule has 0 heterocycles. The summed E-state index contributed by atoms with van der Waals surface area (Å²) >= 11 is 0. The predicted octanol–water partition coefficient (Wildman–Crippen LogP) is 0.756. The predicted molar refractivity (Wildman–Crippen MR) is 75.6 cm³/mol. The molecule has 0 spiro atoms. The van der Waals surface area contributed by atoms with Gasteiger partial charge in [0.1, 0.15) is 5.54 Å². The molecule has 1 fully saturated rings. The molecular weight excluding hydrogens is 294 g/mol. The quantitative estimate of drug-likeness (QED) is 0.807. The number of carboxylic acid groups (broad SMARTS) is 1. The summed E-state index contributed by atoms with van der Waals surface area (Å²) in [6, 6.07) is 6.17. The van der Waals surface area contributed by atoms with E-state index in [0.29, 0.717) is 18.4 Å². The van der Waals surface area contributed by atoms with E-state index in [4.69, 9.17) is 5.11 Å². The van der Waals surface area contributed by atoms with Crippen LogP contribution in [0.4, 0.5) is 0 Å². The van der Waals surface area contributed by atoms with Crippen LogP contribution in [-0.4, -0.2) is 36.7 Å². The van der Waals surface area contributed by atoms with Crippen LogP contribution in [0.25, 0.3) is 0 Å². The first-order valence-corrected chi connectivity index (χ1v) is 8.30. The van der Waals surface area contributed by atoms with E-state index in [9.17, 15) is 18.0 Å². The molecule has 0 radical (unpaired) electrons. The summed E-state index contributed by atoms with van der Waals surface area (Å²) in [5.41, 5.74) is -0.576. The molecule has 0 aliphatic heterocycles. The van der Waals surface area contributed by atoms with Crippen molar-refractivity contribution in [2.45, 2.75) is 36.6 Å². The van der Waals surface area contributed by atoms with E-state index < -0.39 is 27.3 Å². The largest absolute Gasteiger partial charge is 0.480 e. The van der Waals surface area contributed by atoms with Crippen molar-refractivity contribution in [3.63, 3.8) is 0 Å². The van der Waals surface area contributed by atoms with Crippen LogP contribution in [0.1, 0.15) is 25.3 Å². The van der Waals surface area contributed by atoms with Crippen LogP contribution in [0.2, 0.25) is 0 Å². The summed E-state index contributed by atoms with van der Waals surface area (Å²) in [5.74, 6) is -1.45. The van der Waals surface area contributed by atoms with Crippen molar-refractivity contribution in [2.24, 2.45) is 0 Å². The standard InChI is InChI=1S/C14H17NO5S/c1-2-21(19,20)11-5-3-4-10(8-11)9-12(16)15-14(6-7-14)13(17)18/h3-5,8H,2,6-7,9H2,1H3,(H,15,16)(H,17,18). The van der Waals surface area contributed by atoms with Crippen molar-refractivity contribution in [2.75, 3.05) is 5.75 Å². The maximum atomic E-state index is 11.9. The molecule has 0 unspecified atom stereocenters. The van der Waals surface area contributed by atoms with E-state index in [-0.39, 0.29) is 17.1 Å². The number of carbonyl (C=O) groups is 2. The fraction of sp³-hybridized carbons (Fsp3) is 0.429. The number of amides is 1. The van der Waals surface area contributed by atoms with E-state index in [1.54, 1.807) is 19.1 Å². The van der Waals surface area contributed by atoms with Crippen LogP contribution in [0.5, 0.6) is 0 Å². The number of hydrogen-bond donors (Lipinski definition) is 2. The zero-order valence-corrected chi connectivity index (χ0v) is 12.4. The van der Waals surface area contributed by atoms with Crippen molar-refractivity contribution in [1.82, 2.24) is 5.32 Å². The summed E-state index contributed by atoms with van der Waals surface area (Å²) < 4.78 is 23.6. The van der Waals surface area contributed by atoms with Crippen molar-refractivity contribution in [1.29, 1.82) is 0 Å². The molecule has 1 aromatic rings. The van der Waals surface area contributed by atoms with Gasteiger partial charge in [-0.3, -0.25) is 4.79 Å². The molecule has 1 aliphatic carbocycles. The molecule has 1 saturated carbocycles. The molecule has 21 heavy (non-hydrogen) atoms. The third-order valence-corrected chi connectivity index (χ3v) is 5.27. The Morgan fingerprint density at radius 3 is 2.52 bits per heavy atom. The molecule has 0 bridgehead atoms. The van der Waals surface area contributed by atoms with Gasteiger partial charge in [-0.2, -0.15) is 0 Å². The minimum Gasteiger partial charge on any atom is -0.480 e. The molecule has 114 valence electrons. The van der Waals surface area contributed by atoms with E-state index in [1.807, 2.05) is 0 Å². The number of rotatable bonds is 6. The molecule has 0 aromatic heterocycles. The summed E-state index contributed by atoms with van der Waals surface area (Å²) in [6.07, 6.45) is 0.818. The average molecular weight is 311 g/mol. The molecule has 6 nitrogen and oxygen atoms in total. The van der Waals surface area contributed by atoms with E-state index in [2.05, 4.69) is 5.32 Å². The fourth-order valence-electron chi connectivity index (χ4n) is 2.03. The summed E-state index contributed by atoms with van der Waals surface area (Å²) in [6.45, 7) is 1.55. The molecule has 0 atom stereocenters. The Labute approximate surface area is 123 Å². The lowest BCUT2D eigenvalue weighted by molar-refractivity contribution is -0.143. The van der Waals surface area contributed by atoms with Gasteiger partial charge in [-0.15, -0.1) is 0 Å². The number of hydrogen-bond acceptors (Lipinski definition) is 4. The van der Waals surface area contributed by atoms with Gasteiger partial charge in [0.2, 0.25) is 5.91 Å². The van der Waals surface area contributed by atoms with Crippen molar-refractivity contribution >= 4 is 21.7 Å². The Kier molecular flexibility index (Phi) is 4.04. The van der Waals surface area contributed by atoms with Gasteiger partial charge in [-0.1, -0.05) is 19.1 Å². The lowest BCUT2D eigenvalue weighted by Gasteiger charge is -2.12. The monoisotopic (exact) mass is 311 g/mol. The highest BCUT2D eigenvalue weighted by Crippen LogP contribution is 2.35. The second-order valence-electron chi connectivity index (χ2n) is 5.16. The maximum Gasteiger partial charge on any atom is 0.329 e. The first-order chi connectivity index (χ1) is 9.79. The number of sulfone groups is 1. The van der Waals surface area contributed by atoms with Crippen molar-refractivity contribution in [3.8, 4) is 0 Å². The van der Waals surface area contributed by atoms with Gasteiger partial charge in [-0.25, -0.2) is 13.2 Å². The third-order valence-electron chi connectivity index (χ3n) is 3.54. The van der Waals surface area contributed by atoms with Gasteiger partial charge in [-0.05, 0) is 30.5 Å². The number of nitrogens with one attached hydrogen (secondary N) is 1. The van der Waals surface area contributed by atoms with Crippen LogP contribution in [0, 0.1) is 0 Å². The molecule has 1 amide bonds. The molecule has 0 saturated heterocycles. The SMILES string of the molecule is CCS(=O)(=O)c1cccc(CC(=O)NC2(C(=O)O)CC2)c1.